The van der Waals surface area contributed by atoms with Crippen molar-refractivity contribution in [1.29, 1.82) is 0 Å². The minimum atomic E-state index is -0.505. The third-order valence-electron chi connectivity index (χ3n) is 3.05. The quantitative estimate of drug-likeness (QED) is 0.883. The number of nitrogens with one attached hydrogen (secondary N) is 2. The monoisotopic (exact) mass is 322 g/mol. The minimum Gasteiger partial charge on any atom is -0.348 e. The lowest BCUT2D eigenvalue weighted by Gasteiger charge is -2.11. The molecule has 0 aliphatic heterocycles. The Labute approximate surface area is 132 Å². The Morgan fingerprint density at radius 3 is 2.86 bits per heavy atom. The molecule has 0 bridgehead atoms. The standard InChI is InChI=1S/C15H16ClFN4O/c1-3-9(2)19-14(22)13-6-7-18-15(21-13)20-10-4-5-12(17)11(16)8-10/h4-9H,3H2,1-2H3,(H,19,22)(H,18,20,21). The molecule has 2 aromatic rings. The summed E-state index contributed by atoms with van der Waals surface area (Å²) < 4.78 is 13.1. The highest BCUT2D eigenvalue weighted by molar-refractivity contribution is 6.31. The van der Waals surface area contributed by atoms with Gasteiger partial charge in [0.05, 0.1) is 5.02 Å². The number of nitrogens with zero attached hydrogens (tertiary/aromatic N) is 2. The molecule has 1 aromatic heterocycles. The highest BCUT2D eigenvalue weighted by Crippen LogP contribution is 2.21. The molecule has 22 heavy (non-hydrogen) atoms. The zero-order chi connectivity index (χ0) is 16.1. The van der Waals surface area contributed by atoms with Crippen LogP contribution < -0.4 is 10.6 Å². The number of anilines is 2. The van der Waals surface area contributed by atoms with E-state index >= 15 is 0 Å². The van der Waals surface area contributed by atoms with Crippen molar-refractivity contribution in [2.24, 2.45) is 0 Å². The van der Waals surface area contributed by atoms with Crippen LogP contribution in [0.5, 0.6) is 0 Å². The fourth-order valence-electron chi connectivity index (χ4n) is 1.65. The first-order valence-electron chi connectivity index (χ1n) is 6.85. The predicted molar refractivity (Wildman–Crippen MR) is 83.9 cm³/mol. The summed E-state index contributed by atoms with van der Waals surface area (Å²) in [4.78, 5) is 20.2. The van der Waals surface area contributed by atoms with Gasteiger partial charge in [0.1, 0.15) is 11.5 Å². The van der Waals surface area contributed by atoms with E-state index < -0.39 is 5.82 Å². The van der Waals surface area contributed by atoms with Crippen molar-refractivity contribution in [3.05, 3.63) is 47.0 Å². The first-order chi connectivity index (χ1) is 10.5. The van der Waals surface area contributed by atoms with Gasteiger partial charge >= 0.3 is 0 Å². The first kappa shape index (κ1) is 16.2. The van der Waals surface area contributed by atoms with E-state index in [0.717, 1.165) is 6.42 Å². The van der Waals surface area contributed by atoms with Crippen LogP contribution in [0.15, 0.2) is 30.5 Å². The summed E-state index contributed by atoms with van der Waals surface area (Å²) >= 11 is 5.72. The van der Waals surface area contributed by atoms with E-state index in [0.29, 0.717) is 5.69 Å². The molecule has 0 saturated heterocycles. The molecule has 0 aliphatic rings. The molecule has 0 fully saturated rings. The first-order valence-corrected chi connectivity index (χ1v) is 7.23. The zero-order valence-corrected chi connectivity index (χ0v) is 13.0. The van der Waals surface area contributed by atoms with E-state index in [1.165, 1.54) is 30.5 Å². The summed E-state index contributed by atoms with van der Waals surface area (Å²) in [6.07, 6.45) is 2.31. The molecule has 0 spiro atoms. The molecule has 1 atom stereocenters. The topological polar surface area (TPSA) is 66.9 Å². The second-order valence-corrected chi connectivity index (χ2v) is 5.21. The number of carbonyl (C=O) groups excluding carboxylic acids is 1. The number of halogens is 2. The van der Waals surface area contributed by atoms with Crippen molar-refractivity contribution >= 4 is 29.1 Å². The molecule has 2 N–H and O–H groups in total. The number of benzene rings is 1. The van der Waals surface area contributed by atoms with Crippen molar-refractivity contribution in [1.82, 2.24) is 15.3 Å². The van der Waals surface area contributed by atoms with Crippen molar-refractivity contribution in [2.75, 3.05) is 5.32 Å². The minimum absolute atomic E-state index is 0.00401. The summed E-state index contributed by atoms with van der Waals surface area (Å²) in [7, 11) is 0. The van der Waals surface area contributed by atoms with Gasteiger partial charge in [-0.2, -0.15) is 0 Å². The highest BCUT2D eigenvalue weighted by atomic mass is 35.5. The number of aromatic nitrogens is 2. The van der Waals surface area contributed by atoms with Gasteiger partial charge in [-0.3, -0.25) is 4.79 Å². The van der Waals surface area contributed by atoms with Crippen molar-refractivity contribution in [2.45, 2.75) is 26.3 Å². The lowest BCUT2D eigenvalue weighted by atomic mass is 10.2. The molecule has 0 radical (unpaired) electrons. The Morgan fingerprint density at radius 2 is 2.18 bits per heavy atom. The molecule has 0 aliphatic carbocycles. The van der Waals surface area contributed by atoms with Crippen LogP contribution in [0.4, 0.5) is 16.0 Å². The van der Waals surface area contributed by atoms with Gasteiger partial charge < -0.3 is 10.6 Å². The van der Waals surface area contributed by atoms with E-state index in [1.807, 2.05) is 13.8 Å². The number of hydrogen-bond acceptors (Lipinski definition) is 4. The second kappa shape index (κ2) is 7.17. The van der Waals surface area contributed by atoms with Crippen molar-refractivity contribution < 1.29 is 9.18 Å². The average molecular weight is 323 g/mol. The summed E-state index contributed by atoms with van der Waals surface area (Å²) in [5.41, 5.74) is 0.789. The van der Waals surface area contributed by atoms with Gasteiger partial charge in [-0.1, -0.05) is 18.5 Å². The van der Waals surface area contributed by atoms with Gasteiger partial charge in [-0.25, -0.2) is 14.4 Å². The molecule has 1 aromatic carbocycles. The van der Waals surface area contributed by atoms with E-state index in [1.54, 1.807) is 0 Å². The van der Waals surface area contributed by atoms with Gasteiger partial charge in [-0.15, -0.1) is 0 Å². The van der Waals surface area contributed by atoms with Crippen LogP contribution in [0, 0.1) is 5.82 Å². The Balaban J connectivity index is 2.14. The molecular formula is C15H16ClFN4O. The number of rotatable bonds is 5. The lowest BCUT2D eigenvalue weighted by molar-refractivity contribution is 0.0934. The zero-order valence-electron chi connectivity index (χ0n) is 12.2. The van der Waals surface area contributed by atoms with Crippen LogP contribution in [0.2, 0.25) is 5.02 Å². The summed E-state index contributed by atoms with van der Waals surface area (Å²) in [5, 5.41) is 5.70. The fourth-order valence-corrected chi connectivity index (χ4v) is 1.83. The van der Waals surface area contributed by atoms with Crippen molar-refractivity contribution in [3.63, 3.8) is 0 Å². The highest BCUT2D eigenvalue weighted by Gasteiger charge is 2.11. The number of amides is 1. The number of carbonyl (C=O) groups is 1. The largest absolute Gasteiger partial charge is 0.348 e. The molecule has 1 heterocycles. The van der Waals surface area contributed by atoms with Gasteiger partial charge in [0.2, 0.25) is 5.95 Å². The van der Waals surface area contributed by atoms with Crippen LogP contribution in [0.3, 0.4) is 0 Å². The maximum absolute atomic E-state index is 13.1. The Bertz CT molecular complexity index is 680. The van der Waals surface area contributed by atoms with Gasteiger partial charge in [-0.05, 0) is 37.6 Å². The van der Waals surface area contributed by atoms with Crippen LogP contribution >= 0.6 is 11.6 Å². The van der Waals surface area contributed by atoms with E-state index in [-0.39, 0.29) is 28.6 Å². The average Bonchev–Trinajstić information content (AvgIpc) is 2.51. The summed E-state index contributed by atoms with van der Waals surface area (Å²) in [6.45, 7) is 3.90. The molecule has 116 valence electrons. The van der Waals surface area contributed by atoms with Gasteiger partial charge in [0.25, 0.3) is 5.91 Å². The predicted octanol–water partition coefficient (Wildman–Crippen LogP) is 3.54. The Kier molecular flexibility index (Phi) is 5.27. The van der Waals surface area contributed by atoms with Gasteiger partial charge in [0.15, 0.2) is 0 Å². The molecule has 5 nitrogen and oxygen atoms in total. The molecule has 2 rings (SSSR count). The second-order valence-electron chi connectivity index (χ2n) is 4.80. The lowest BCUT2D eigenvalue weighted by Crippen LogP contribution is -2.32. The van der Waals surface area contributed by atoms with Crippen molar-refractivity contribution in [3.8, 4) is 0 Å². The molecule has 1 amide bonds. The van der Waals surface area contributed by atoms with E-state index in [4.69, 9.17) is 11.6 Å². The van der Waals surface area contributed by atoms with Gasteiger partial charge in [0, 0.05) is 17.9 Å². The Hall–Kier alpha value is -2.21. The SMILES string of the molecule is CCC(C)NC(=O)c1ccnc(Nc2ccc(F)c(Cl)c2)n1. The molecule has 1 unspecified atom stereocenters. The molecular weight excluding hydrogens is 307 g/mol. The third kappa shape index (κ3) is 4.14. The smallest absolute Gasteiger partial charge is 0.270 e. The Morgan fingerprint density at radius 1 is 1.41 bits per heavy atom. The number of hydrogen-bond donors (Lipinski definition) is 2. The molecule has 7 heteroatoms. The van der Waals surface area contributed by atoms with Crippen LogP contribution in [-0.4, -0.2) is 21.9 Å². The van der Waals surface area contributed by atoms with Crippen LogP contribution in [-0.2, 0) is 0 Å². The summed E-state index contributed by atoms with van der Waals surface area (Å²) in [6, 6.07) is 5.77. The normalized spacial score (nSPS) is 11.8. The maximum atomic E-state index is 13.1. The van der Waals surface area contributed by atoms with E-state index in [2.05, 4.69) is 20.6 Å². The van der Waals surface area contributed by atoms with Crippen LogP contribution in [0.1, 0.15) is 30.8 Å². The third-order valence-corrected chi connectivity index (χ3v) is 3.34. The summed E-state index contributed by atoms with van der Waals surface area (Å²) in [5.74, 6) is -0.536. The molecule has 0 saturated carbocycles. The maximum Gasteiger partial charge on any atom is 0.270 e. The van der Waals surface area contributed by atoms with E-state index in [9.17, 15) is 9.18 Å². The van der Waals surface area contributed by atoms with Crippen LogP contribution in [0.25, 0.3) is 0 Å². The fraction of sp³-hybridized carbons (Fsp3) is 0.267.